The van der Waals surface area contributed by atoms with Gasteiger partial charge in [-0.05, 0) is 43.0 Å². The fourth-order valence-electron chi connectivity index (χ4n) is 2.73. The molecule has 0 saturated heterocycles. The Kier molecular flexibility index (Phi) is 4.67. The number of thiophene rings is 1. The summed E-state index contributed by atoms with van der Waals surface area (Å²) in [7, 11) is -3.74. The first-order chi connectivity index (χ1) is 12.9. The summed E-state index contributed by atoms with van der Waals surface area (Å²) in [4.78, 5) is 0.997. The largest absolute Gasteiger partial charge is 0.454 e. The first-order valence-corrected chi connectivity index (χ1v) is 10.8. The molecule has 0 amide bonds. The Morgan fingerprint density at radius 2 is 2.07 bits per heavy atom. The first-order valence-electron chi connectivity index (χ1n) is 8.45. The van der Waals surface area contributed by atoms with E-state index < -0.39 is 10.0 Å². The molecule has 0 fully saturated rings. The molecule has 9 heteroatoms. The van der Waals surface area contributed by atoms with E-state index in [1.54, 1.807) is 23.0 Å². The molecular weight excluding hydrogens is 386 g/mol. The molecule has 0 aliphatic carbocycles. The highest BCUT2D eigenvalue weighted by Crippen LogP contribution is 2.33. The number of ether oxygens (including phenoxy) is 2. The molecule has 2 aromatic heterocycles. The topological polar surface area (TPSA) is 82.5 Å². The van der Waals surface area contributed by atoms with Gasteiger partial charge in [0.1, 0.15) is 10.6 Å². The maximum Gasteiger partial charge on any atom is 0.244 e. The molecule has 1 aliphatic rings. The summed E-state index contributed by atoms with van der Waals surface area (Å²) < 4.78 is 40.9. The van der Waals surface area contributed by atoms with E-state index in [1.807, 2.05) is 37.4 Å². The van der Waals surface area contributed by atoms with Crippen molar-refractivity contribution in [3.8, 4) is 22.1 Å². The molecule has 142 valence electrons. The number of sulfonamides is 1. The van der Waals surface area contributed by atoms with Crippen LogP contribution >= 0.6 is 11.3 Å². The van der Waals surface area contributed by atoms with Crippen molar-refractivity contribution in [3.63, 3.8) is 0 Å². The summed E-state index contributed by atoms with van der Waals surface area (Å²) in [5.74, 6) is 1.29. The maximum absolute atomic E-state index is 13.0. The number of fused-ring (bicyclic) bond motifs is 1. The van der Waals surface area contributed by atoms with Crippen molar-refractivity contribution < 1.29 is 17.9 Å². The molecule has 0 saturated carbocycles. The fourth-order valence-corrected chi connectivity index (χ4v) is 4.68. The Hall–Kier alpha value is -2.36. The van der Waals surface area contributed by atoms with Crippen LogP contribution in [0.1, 0.15) is 25.5 Å². The second-order valence-electron chi connectivity index (χ2n) is 6.41. The zero-order chi connectivity index (χ0) is 19.0. The minimum atomic E-state index is -3.74. The number of nitrogens with one attached hydrogen (secondary N) is 1. The summed E-state index contributed by atoms with van der Waals surface area (Å²) >= 11 is 1.46. The lowest BCUT2D eigenvalue weighted by Crippen LogP contribution is -2.23. The van der Waals surface area contributed by atoms with Crippen LogP contribution in [0.2, 0.25) is 0 Å². The third-order valence-corrected chi connectivity index (χ3v) is 6.45. The zero-order valence-corrected chi connectivity index (χ0v) is 16.5. The number of hydrogen-bond donors (Lipinski definition) is 1. The van der Waals surface area contributed by atoms with Crippen molar-refractivity contribution in [2.24, 2.45) is 0 Å². The number of rotatable bonds is 6. The van der Waals surface area contributed by atoms with E-state index in [1.165, 1.54) is 11.3 Å². The summed E-state index contributed by atoms with van der Waals surface area (Å²) in [6.07, 6.45) is 1.59. The van der Waals surface area contributed by atoms with E-state index in [-0.39, 0.29) is 24.3 Å². The minimum Gasteiger partial charge on any atom is -0.454 e. The van der Waals surface area contributed by atoms with Gasteiger partial charge in [-0.15, -0.1) is 11.3 Å². The number of hydrogen-bond acceptors (Lipinski definition) is 6. The van der Waals surface area contributed by atoms with Gasteiger partial charge in [0.2, 0.25) is 16.8 Å². The predicted octanol–water partition coefficient (Wildman–Crippen LogP) is 3.40. The summed E-state index contributed by atoms with van der Waals surface area (Å²) in [5, 5.41) is 6.40. The Labute approximate surface area is 161 Å². The molecule has 1 aromatic carbocycles. The molecule has 1 aliphatic heterocycles. The van der Waals surface area contributed by atoms with Gasteiger partial charge in [0, 0.05) is 18.8 Å². The van der Waals surface area contributed by atoms with Gasteiger partial charge in [0.15, 0.2) is 11.5 Å². The van der Waals surface area contributed by atoms with E-state index in [2.05, 4.69) is 9.82 Å². The van der Waals surface area contributed by atoms with Gasteiger partial charge < -0.3 is 9.47 Å². The molecule has 0 radical (unpaired) electrons. The van der Waals surface area contributed by atoms with E-state index >= 15 is 0 Å². The molecule has 0 unspecified atom stereocenters. The quantitative estimate of drug-likeness (QED) is 0.680. The van der Waals surface area contributed by atoms with Crippen LogP contribution in [0, 0.1) is 0 Å². The van der Waals surface area contributed by atoms with Gasteiger partial charge in [0.05, 0.1) is 4.88 Å². The zero-order valence-electron chi connectivity index (χ0n) is 14.9. The van der Waals surface area contributed by atoms with Crippen molar-refractivity contribution in [3.05, 3.63) is 47.5 Å². The molecular formula is C18H19N3O4S2. The molecule has 3 heterocycles. The van der Waals surface area contributed by atoms with Crippen LogP contribution in [0.3, 0.4) is 0 Å². The highest BCUT2D eigenvalue weighted by molar-refractivity contribution is 7.89. The van der Waals surface area contributed by atoms with Crippen LogP contribution in [0.15, 0.2) is 46.8 Å². The number of benzene rings is 1. The van der Waals surface area contributed by atoms with Gasteiger partial charge in [-0.2, -0.15) is 5.10 Å². The molecule has 4 rings (SSSR count). The van der Waals surface area contributed by atoms with Crippen molar-refractivity contribution >= 4 is 21.4 Å². The van der Waals surface area contributed by atoms with Crippen molar-refractivity contribution in [1.82, 2.24) is 14.5 Å². The highest BCUT2D eigenvalue weighted by atomic mass is 32.2. The minimum absolute atomic E-state index is 0.0570. The lowest BCUT2D eigenvalue weighted by Gasteiger charge is -2.07. The average molecular weight is 406 g/mol. The third kappa shape index (κ3) is 3.58. The van der Waals surface area contributed by atoms with Gasteiger partial charge >= 0.3 is 0 Å². The fraction of sp³-hybridized carbons (Fsp3) is 0.278. The Morgan fingerprint density at radius 3 is 2.81 bits per heavy atom. The summed E-state index contributed by atoms with van der Waals surface area (Å²) in [6, 6.07) is 9.18. The summed E-state index contributed by atoms with van der Waals surface area (Å²) in [5.41, 5.74) is 1.26. The second-order valence-corrected chi connectivity index (χ2v) is 9.09. The van der Waals surface area contributed by atoms with Crippen molar-refractivity contribution in [2.75, 3.05) is 6.79 Å². The smallest absolute Gasteiger partial charge is 0.244 e. The lowest BCUT2D eigenvalue weighted by atomic mass is 10.2. The van der Waals surface area contributed by atoms with Gasteiger partial charge in [0.25, 0.3) is 0 Å². The maximum atomic E-state index is 13.0. The van der Waals surface area contributed by atoms with Gasteiger partial charge in [-0.3, -0.25) is 4.68 Å². The molecule has 0 spiro atoms. The lowest BCUT2D eigenvalue weighted by molar-refractivity contribution is 0.174. The predicted molar refractivity (Wildman–Crippen MR) is 103 cm³/mol. The Balaban J connectivity index is 1.62. The Bertz CT molecular complexity index is 1060. The standard InChI is InChI=1S/C18H19N3O4S2/c1-12(2)21-10-17(18(20-21)16-4-3-7-26-16)27(22,23)19-9-13-5-6-14-15(8-13)25-11-24-14/h3-8,10,12,19H,9,11H2,1-2H3. The summed E-state index contributed by atoms with van der Waals surface area (Å²) in [6.45, 7) is 4.25. The van der Waals surface area contributed by atoms with Crippen LogP contribution in [0.4, 0.5) is 0 Å². The third-order valence-electron chi connectivity index (χ3n) is 4.17. The van der Waals surface area contributed by atoms with Crippen LogP contribution in [-0.4, -0.2) is 25.0 Å². The van der Waals surface area contributed by atoms with Crippen molar-refractivity contribution in [2.45, 2.75) is 31.3 Å². The monoisotopic (exact) mass is 405 g/mol. The Morgan fingerprint density at radius 1 is 1.26 bits per heavy atom. The number of nitrogens with zero attached hydrogens (tertiary/aromatic N) is 2. The average Bonchev–Trinajstić information content (AvgIpc) is 3.38. The SMILES string of the molecule is CC(C)n1cc(S(=O)(=O)NCc2ccc3c(c2)OCO3)c(-c2cccs2)n1. The van der Waals surface area contributed by atoms with Gasteiger partial charge in [-0.1, -0.05) is 12.1 Å². The molecule has 1 N–H and O–H groups in total. The van der Waals surface area contributed by atoms with E-state index in [4.69, 9.17) is 9.47 Å². The van der Waals surface area contributed by atoms with Crippen LogP contribution in [-0.2, 0) is 16.6 Å². The molecule has 0 atom stereocenters. The van der Waals surface area contributed by atoms with Crippen LogP contribution in [0.25, 0.3) is 10.6 Å². The highest BCUT2D eigenvalue weighted by Gasteiger charge is 2.25. The van der Waals surface area contributed by atoms with E-state index in [0.717, 1.165) is 10.4 Å². The second kappa shape index (κ2) is 6.99. The van der Waals surface area contributed by atoms with Crippen LogP contribution < -0.4 is 14.2 Å². The van der Waals surface area contributed by atoms with E-state index in [9.17, 15) is 8.42 Å². The number of aromatic nitrogens is 2. The normalized spacial score (nSPS) is 13.4. The molecule has 0 bridgehead atoms. The van der Waals surface area contributed by atoms with Gasteiger partial charge in [-0.25, -0.2) is 13.1 Å². The molecule has 27 heavy (non-hydrogen) atoms. The molecule has 3 aromatic rings. The van der Waals surface area contributed by atoms with Crippen molar-refractivity contribution in [1.29, 1.82) is 0 Å². The molecule has 7 nitrogen and oxygen atoms in total. The first kappa shape index (κ1) is 18.0. The van der Waals surface area contributed by atoms with E-state index in [0.29, 0.717) is 17.2 Å². The van der Waals surface area contributed by atoms with Crippen LogP contribution in [0.5, 0.6) is 11.5 Å².